The molecule has 0 spiro atoms. The van der Waals surface area contributed by atoms with E-state index in [0.717, 1.165) is 17.9 Å². The molecule has 0 bridgehead atoms. The summed E-state index contributed by atoms with van der Waals surface area (Å²) in [5, 5.41) is 0. The highest BCUT2D eigenvalue weighted by molar-refractivity contribution is 6.17. The molecule has 1 heterocycles. The Hall–Kier alpha value is -1.02. The van der Waals surface area contributed by atoms with Crippen molar-refractivity contribution in [3.8, 4) is 0 Å². The van der Waals surface area contributed by atoms with E-state index in [1.54, 1.807) is 0 Å². The van der Waals surface area contributed by atoms with E-state index in [-0.39, 0.29) is 0 Å². The molecule has 21 heavy (non-hydrogen) atoms. The van der Waals surface area contributed by atoms with Crippen molar-refractivity contribution in [1.82, 2.24) is 9.55 Å². The highest BCUT2D eigenvalue weighted by Crippen LogP contribution is 2.37. The Morgan fingerprint density at radius 2 is 2.19 bits per heavy atom. The average molecular weight is 305 g/mol. The van der Waals surface area contributed by atoms with Gasteiger partial charge >= 0.3 is 0 Å². The maximum atomic E-state index is 6.01. The molecule has 1 saturated carbocycles. The molecule has 1 fully saturated rings. The summed E-state index contributed by atoms with van der Waals surface area (Å²) in [4.78, 5) is 4.85. The molecular weight excluding hydrogens is 280 g/mol. The van der Waals surface area contributed by atoms with Crippen LogP contribution in [0.5, 0.6) is 0 Å². The fourth-order valence-electron chi connectivity index (χ4n) is 3.79. The van der Waals surface area contributed by atoms with Gasteiger partial charge in [-0.05, 0) is 43.4 Å². The molecule has 0 aliphatic heterocycles. The van der Waals surface area contributed by atoms with Gasteiger partial charge in [-0.3, -0.25) is 0 Å². The number of fused-ring (bicyclic) bond motifs is 1. The first-order valence-electron chi connectivity index (χ1n) is 8.26. The Bertz CT molecular complexity index is 617. The van der Waals surface area contributed by atoms with Crippen LogP contribution >= 0.6 is 11.6 Å². The van der Waals surface area contributed by atoms with E-state index >= 15 is 0 Å². The number of hydrogen-bond acceptors (Lipinski definition) is 1. The Morgan fingerprint density at radius 1 is 1.33 bits per heavy atom. The molecule has 2 atom stereocenters. The second-order valence-electron chi connectivity index (χ2n) is 6.42. The zero-order valence-electron chi connectivity index (χ0n) is 13.1. The van der Waals surface area contributed by atoms with Crippen molar-refractivity contribution >= 4 is 22.6 Å². The van der Waals surface area contributed by atoms with Gasteiger partial charge in [0.1, 0.15) is 5.82 Å². The lowest BCUT2D eigenvalue weighted by atomic mass is 9.84. The number of halogens is 1. The third-order valence-corrected chi connectivity index (χ3v) is 5.12. The highest BCUT2D eigenvalue weighted by atomic mass is 35.5. The number of alkyl halides is 1. The van der Waals surface area contributed by atoms with Crippen LogP contribution in [0.15, 0.2) is 18.2 Å². The van der Waals surface area contributed by atoms with Crippen molar-refractivity contribution in [2.75, 3.05) is 5.88 Å². The normalized spacial score (nSPS) is 22.8. The first-order chi connectivity index (χ1) is 10.2. The van der Waals surface area contributed by atoms with Crippen LogP contribution in [0.4, 0.5) is 0 Å². The number of benzene rings is 1. The lowest BCUT2D eigenvalue weighted by Gasteiger charge is -2.31. The summed E-state index contributed by atoms with van der Waals surface area (Å²) in [5.74, 6) is 2.69. The molecule has 2 unspecified atom stereocenters. The molecule has 2 nitrogen and oxygen atoms in total. The van der Waals surface area contributed by atoms with Crippen LogP contribution in [0.2, 0.25) is 0 Å². The Morgan fingerprint density at radius 3 is 2.95 bits per heavy atom. The third-order valence-electron chi connectivity index (χ3n) is 4.93. The number of imidazole rings is 1. The van der Waals surface area contributed by atoms with Crippen LogP contribution in [-0.2, 0) is 6.42 Å². The quantitative estimate of drug-likeness (QED) is 0.704. The Balaban J connectivity index is 2.05. The topological polar surface area (TPSA) is 17.8 Å². The van der Waals surface area contributed by atoms with Crippen molar-refractivity contribution in [1.29, 1.82) is 0 Å². The van der Waals surface area contributed by atoms with Crippen LogP contribution in [-0.4, -0.2) is 15.4 Å². The van der Waals surface area contributed by atoms with Crippen molar-refractivity contribution in [3.63, 3.8) is 0 Å². The lowest BCUT2D eigenvalue weighted by molar-refractivity contribution is 0.262. The van der Waals surface area contributed by atoms with Crippen LogP contribution in [0, 0.1) is 12.8 Å². The molecule has 114 valence electrons. The zero-order valence-corrected chi connectivity index (χ0v) is 13.9. The number of nitrogens with zero attached hydrogens (tertiary/aromatic N) is 2. The molecular formula is C18H25ClN2. The maximum absolute atomic E-state index is 6.01. The molecule has 0 amide bonds. The van der Waals surface area contributed by atoms with E-state index in [1.165, 1.54) is 49.0 Å². The second kappa shape index (κ2) is 6.39. The summed E-state index contributed by atoms with van der Waals surface area (Å²) in [5.41, 5.74) is 3.74. The maximum Gasteiger partial charge on any atom is 0.111 e. The first kappa shape index (κ1) is 14.9. The van der Waals surface area contributed by atoms with Crippen molar-refractivity contribution < 1.29 is 0 Å². The van der Waals surface area contributed by atoms with E-state index in [0.29, 0.717) is 11.9 Å². The van der Waals surface area contributed by atoms with Gasteiger partial charge in [0.25, 0.3) is 0 Å². The summed E-state index contributed by atoms with van der Waals surface area (Å²) in [7, 11) is 0. The summed E-state index contributed by atoms with van der Waals surface area (Å²) in [6, 6.07) is 7.20. The Labute approximate surface area is 132 Å². The van der Waals surface area contributed by atoms with E-state index in [1.807, 2.05) is 0 Å². The summed E-state index contributed by atoms with van der Waals surface area (Å²) >= 11 is 6.01. The van der Waals surface area contributed by atoms with E-state index in [2.05, 4.69) is 36.6 Å². The monoisotopic (exact) mass is 304 g/mol. The van der Waals surface area contributed by atoms with Crippen LogP contribution in [0.25, 0.3) is 11.0 Å². The molecule has 3 rings (SSSR count). The minimum Gasteiger partial charge on any atom is -0.325 e. The summed E-state index contributed by atoms with van der Waals surface area (Å²) in [6.45, 7) is 4.48. The molecule has 2 aromatic rings. The first-order valence-corrected chi connectivity index (χ1v) is 8.79. The number of aromatic nitrogens is 2. The zero-order chi connectivity index (χ0) is 14.8. The minimum absolute atomic E-state index is 0.605. The van der Waals surface area contributed by atoms with E-state index < -0.39 is 0 Å². The minimum atomic E-state index is 0.605. The number of rotatable bonds is 4. The van der Waals surface area contributed by atoms with Gasteiger partial charge in [0.15, 0.2) is 0 Å². The van der Waals surface area contributed by atoms with E-state index in [9.17, 15) is 0 Å². The van der Waals surface area contributed by atoms with Gasteiger partial charge < -0.3 is 4.57 Å². The van der Waals surface area contributed by atoms with Gasteiger partial charge in [0.05, 0.1) is 11.0 Å². The van der Waals surface area contributed by atoms with Crippen LogP contribution in [0.3, 0.4) is 0 Å². The molecule has 1 aliphatic rings. The Kier molecular flexibility index (Phi) is 4.54. The van der Waals surface area contributed by atoms with Crippen molar-refractivity contribution in [3.05, 3.63) is 29.6 Å². The van der Waals surface area contributed by atoms with E-state index in [4.69, 9.17) is 16.6 Å². The molecule has 3 heteroatoms. The second-order valence-corrected chi connectivity index (χ2v) is 6.80. The third kappa shape index (κ3) is 2.96. The van der Waals surface area contributed by atoms with Gasteiger partial charge in [-0.15, -0.1) is 11.6 Å². The summed E-state index contributed by atoms with van der Waals surface area (Å²) in [6.07, 6.45) is 7.48. The predicted molar refractivity (Wildman–Crippen MR) is 90.2 cm³/mol. The fourth-order valence-corrected chi connectivity index (χ4v) is 3.96. The smallest absolute Gasteiger partial charge is 0.111 e. The van der Waals surface area contributed by atoms with Gasteiger partial charge in [-0.25, -0.2) is 4.98 Å². The van der Waals surface area contributed by atoms with Gasteiger partial charge in [-0.2, -0.15) is 0 Å². The van der Waals surface area contributed by atoms with Crippen molar-refractivity contribution in [2.45, 2.75) is 58.4 Å². The number of aryl methyl sites for hydroxylation is 2. The van der Waals surface area contributed by atoms with Crippen LogP contribution < -0.4 is 0 Å². The highest BCUT2D eigenvalue weighted by Gasteiger charge is 2.25. The standard InChI is InChI=1S/C18H25ClN2/c1-3-14-5-4-6-15(12-14)21-17-11-13(2)7-8-16(17)20-18(21)9-10-19/h7-8,11,14-15H,3-6,9-10,12H2,1-2H3. The molecule has 0 saturated heterocycles. The number of hydrogen-bond donors (Lipinski definition) is 0. The lowest BCUT2D eigenvalue weighted by Crippen LogP contribution is -2.20. The fraction of sp³-hybridized carbons (Fsp3) is 0.611. The SMILES string of the molecule is CCC1CCCC(n2c(CCCl)nc3ccc(C)cc32)C1. The molecule has 1 aromatic heterocycles. The molecule has 1 aromatic carbocycles. The average Bonchev–Trinajstić information content (AvgIpc) is 2.85. The van der Waals surface area contributed by atoms with Crippen LogP contribution in [0.1, 0.15) is 56.5 Å². The summed E-state index contributed by atoms with van der Waals surface area (Å²) < 4.78 is 2.51. The van der Waals surface area contributed by atoms with Crippen molar-refractivity contribution in [2.24, 2.45) is 5.92 Å². The molecule has 1 aliphatic carbocycles. The van der Waals surface area contributed by atoms with Gasteiger partial charge in [-0.1, -0.05) is 32.3 Å². The van der Waals surface area contributed by atoms with Gasteiger partial charge in [0, 0.05) is 18.3 Å². The largest absolute Gasteiger partial charge is 0.325 e. The molecule has 0 radical (unpaired) electrons. The predicted octanol–water partition coefficient (Wildman–Crippen LogP) is 5.27. The van der Waals surface area contributed by atoms with Gasteiger partial charge in [0.2, 0.25) is 0 Å². The molecule has 0 N–H and O–H groups in total.